The zero-order valence-electron chi connectivity index (χ0n) is 10.8. The topological polar surface area (TPSA) is 78.7 Å². The number of ether oxygens (including phenoxy) is 1. The van der Waals surface area contributed by atoms with Crippen LogP contribution in [0.25, 0.3) is 0 Å². The molecule has 17 heavy (non-hydrogen) atoms. The van der Waals surface area contributed by atoms with E-state index in [1.807, 2.05) is 20.8 Å². The number of carbonyl (C=O) groups is 1. The lowest BCUT2D eigenvalue weighted by Crippen LogP contribution is -2.20. The van der Waals surface area contributed by atoms with E-state index in [4.69, 9.17) is 4.74 Å². The molecular weight excluding hydrogens is 226 g/mol. The van der Waals surface area contributed by atoms with Gasteiger partial charge < -0.3 is 9.57 Å². The quantitative estimate of drug-likeness (QED) is 0.373. The zero-order valence-corrected chi connectivity index (χ0v) is 10.8. The summed E-state index contributed by atoms with van der Waals surface area (Å²) in [6, 6.07) is 0. The molecule has 0 N–H and O–H groups in total. The van der Waals surface area contributed by atoms with Crippen LogP contribution in [0.5, 0.6) is 0 Å². The normalized spacial score (nSPS) is 14.2. The lowest BCUT2D eigenvalue weighted by atomic mass is 10.1. The SMILES string of the molecule is CC(C)C(C)OC(=O)CCC[C@@H](C)O[N+](=O)[O-]. The molecule has 0 aromatic heterocycles. The van der Waals surface area contributed by atoms with Crippen molar-refractivity contribution < 1.29 is 19.5 Å². The van der Waals surface area contributed by atoms with Gasteiger partial charge in [0.05, 0.1) is 0 Å². The number of hydrogen-bond acceptors (Lipinski definition) is 5. The number of esters is 1. The highest BCUT2D eigenvalue weighted by atomic mass is 17.0. The molecule has 0 amide bonds. The molecular formula is C11H21NO5. The van der Waals surface area contributed by atoms with Crippen LogP contribution in [-0.4, -0.2) is 23.3 Å². The molecule has 0 rings (SSSR count). The van der Waals surface area contributed by atoms with Crippen molar-refractivity contribution in [3.63, 3.8) is 0 Å². The number of rotatable bonds is 8. The zero-order chi connectivity index (χ0) is 13.4. The Labute approximate surface area is 101 Å². The van der Waals surface area contributed by atoms with Gasteiger partial charge in [0.2, 0.25) is 0 Å². The van der Waals surface area contributed by atoms with Crippen molar-refractivity contribution in [2.24, 2.45) is 5.92 Å². The van der Waals surface area contributed by atoms with Crippen LogP contribution in [0.15, 0.2) is 0 Å². The van der Waals surface area contributed by atoms with Crippen LogP contribution in [0.1, 0.15) is 47.0 Å². The molecule has 0 saturated heterocycles. The first-order chi connectivity index (χ1) is 7.82. The van der Waals surface area contributed by atoms with Gasteiger partial charge in [-0.1, -0.05) is 13.8 Å². The lowest BCUT2D eigenvalue weighted by Gasteiger charge is -2.16. The van der Waals surface area contributed by atoms with E-state index in [1.54, 1.807) is 6.92 Å². The Morgan fingerprint density at radius 1 is 1.29 bits per heavy atom. The standard InChI is InChI=1S/C11H21NO5/c1-8(2)10(4)16-11(13)7-5-6-9(3)17-12(14)15/h8-10H,5-7H2,1-4H3/t9-,10?/m1/s1. The smallest absolute Gasteiger partial charge is 0.306 e. The summed E-state index contributed by atoms with van der Waals surface area (Å²) < 4.78 is 5.16. The second kappa shape index (κ2) is 7.86. The molecule has 0 aliphatic rings. The molecule has 0 bridgehead atoms. The average Bonchev–Trinajstić information content (AvgIpc) is 2.15. The van der Waals surface area contributed by atoms with Crippen molar-refractivity contribution in [2.75, 3.05) is 0 Å². The Balaban J connectivity index is 3.67. The van der Waals surface area contributed by atoms with E-state index < -0.39 is 11.2 Å². The molecule has 0 spiro atoms. The van der Waals surface area contributed by atoms with Gasteiger partial charge in [0.1, 0.15) is 12.2 Å². The highest BCUT2D eigenvalue weighted by Crippen LogP contribution is 2.09. The molecule has 0 fully saturated rings. The van der Waals surface area contributed by atoms with Gasteiger partial charge in [-0.25, -0.2) is 0 Å². The molecule has 100 valence electrons. The average molecular weight is 247 g/mol. The highest BCUT2D eigenvalue weighted by molar-refractivity contribution is 5.69. The lowest BCUT2D eigenvalue weighted by molar-refractivity contribution is -0.767. The van der Waals surface area contributed by atoms with Crippen molar-refractivity contribution in [2.45, 2.75) is 59.2 Å². The third-order valence-corrected chi connectivity index (χ3v) is 2.51. The largest absolute Gasteiger partial charge is 0.462 e. The fraction of sp³-hybridized carbons (Fsp3) is 0.909. The van der Waals surface area contributed by atoms with Gasteiger partial charge in [-0.2, -0.15) is 0 Å². The van der Waals surface area contributed by atoms with Crippen LogP contribution in [0, 0.1) is 16.0 Å². The molecule has 6 heteroatoms. The van der Waals surface area contributed by atoms with Gasteiger partial charge in [0, 0.05) is 6.42 Å². The van der Waals surface area contributed by atoms with Crippen LogP contribution in [0.4, 0.5) is 0 Å². The molecule has 0 aromatic carbocycles. The Morgan fingerprint density at radius 3 is 2.35 bits per heavy atom. The van der Waals surface area contributed by atoms with E-state index in [9.17, 15) is 14.9 Å². The first-order valence-corrected chi connectivity index (χ1v) is 5.83. The van der Waals surface area contributed by atoms with E-state index in [0.29, 0.717) is 12.8 Å². The molecule has 2 atom stereocenters. The van der Waals surface area contributed by atoms with Gasteiger partial charge in [0.25, 0.3) is 5.09 Å². The van der Waals surface area contributed by atoms with Crippen molar-refractivity contribution in [3.05, 3.63) is 10.1 Å². The third kappa shape index (κ3) is 8.47. The van der Waals surface area contributed by atoms with Crippen LogP contribution in [0.3, 0.4) is 0 Å². The highest BCUT2D eigenvalue weighted by Gasteiger charge is 2.13. The van der Waals surface area contributed by atoms with Crippen LogP contribution in [0.2, 0.25) is 0 Å². The molecule has 0 saturated carbocycles. The molecule has 1 unspecified atom stereocenters. The minimum Gasteiger partial charge on any atom is -0.462 e. The first-order valence-electron chi connectivity index (χ1n) is 5.83. The molecule has 0 aliphatic heterocycles. The fourth-order valence-electron chi connectivity index (χ4n) is 1.14. The van der Waals surface area contributed by atoms with Crippen LogP contribution in [-0.2, 0) is 14.4 Å². The van der Waals surface area contributed by atoms with Gasteiger partial charge in [-0.15, -0.1) is 10.1 Å². The number of hydrogen-bond donors (Lipinski definition) is 0. The van der Waals surface area contributed by atoms with Crippen molar-refractivity contribution >= 4 is 5.97 Å². The van der Waals surface area contributed by atoms with Gasteiger partial charge in [-0.05, 0) is 32.6 Å². The summed E-state index contributed by atoms with van der Waals surface area (Å²) >= 11 is 0. The summed E-state index contributed by atoms with van der Waals surface area (Å²) in [4.78, 5) is 25.7. The minimum absolute atomic E-state index is 0.102. The van der Waals surface area contributed by atoms with Gasteiger partial charge in [-0.3, -0.25) is 4.79 Å². The van der Waals surface area contributed by atoms with E-state index in [0.717, 1.165) is 0 Å². The second-order valence-corrected chi connectivity index (χ2v) is 4.47. The van der Waals surface area contributed by atoms with Crippen molar-refractivity contribution in [3.8, 4) is 0 Å². The summed E-state index contributed by atoms with van der Waals surface area (Å²) in [5.74, 6) is 0.0233. The molecule has 0 radical (unpaired) electrons. The number of nitrogens with zero attached hydrogens (tertiary/aromatic N) is 1. The van der Waals surface area contributed by atoms with E-state index >= 15 is 0 Å². The molecule has 0 heterocycles. The fourth-order valence-corrected chi connectivity index (χ4v) is 1.14. The monoisotopic (exact) mass is 247 g/mol. The van der Waals surface area contributed by atoms with Crippen molar-refractivity contribution in [1.29, 1.82) is 0 Å². The third-order valence-electron chi connectivity index (χ3n) is 2.51. The minimum atomic E-state index is -0.816. The van der Waals surface area contributed by atoms with Gasteiger partial charge >= 0.3 is 5.97 Å². The maximum absolute atomic E-state index is 11.4. The Bertz CT molecular complexity index is 254. The summed E-state index contributed by atoms with van der Waals surface area (Å²) in [6.07, 6.45) is 0.669. The van der Waals surface area contributed by atoms with Crippen molar-refractivity contribution in [1.82, 2.24) is 0 Å². The summed E-state index contributed by atoms with van der Waals surface area (Å²) in [5.41, 5.74) is 0. The predicted molar refractivity (Wildman–Crippen MR) is 61.8 cm³/mol. The first kappa shape index (κ1) is 15.7. The Hall–Kier alpha value is -1.33. The number of carbonyl (C=O) groups excluding carboxylic acids is 1. The molecule has 6 nitrogen and oxygen atoms in total. The summed E-state index contributed by atoms with van der Waals surface area (Å²) in [6.45, 7) is 7.40. The van der Waals surface area contributed by atoms with E-state index in [2.05, 4.69) is 4.84 Å². The van der Waals surface area contributed by atoms with E-state index in [1.165, 1.54) is 0 Å². The Morgan fingerprint density at radius 2 is 1.88 bits per heavy atom. The predicted octanol–water partition coefficient (Wildman–Crippen LogP) is 2.34. The summed E-state index contributed by atoms with van der Waals surface area (Å²) in [7, 11) is 0. The maximum Gasteiger partial charge on any atom is 0.306 e. The molecule has 0 aromatic rings. The van der Waals surface area contributed by atoms with Crippen LogP contribution >= 0.6 is 0 Å². The van der Waals surface area contributed by atoms with E-state index in [-0.39, 0.29) is 24.4 Å². The second-order valence-electron chi connectivity index (χ2n) is 4.47. The Kier molecular flexibility index (Phi) is 7.25. The van der Waals surface area contributed by atoms with Crippen LogP contribution < -0.4 is 0 Å². The summed E-state index contributed by atoms with van der Waals surface area (Å²) in [5, 5.41) is 9.20. The maximum atomic E-state index is 11.4. The molecule has 0 aliphatic carbocycles. The van der Waals surface area contributed by atoms with Gasteiger partial charge in [0.15, 0.2) is 0 Å².